The third-order valence-corrected chi connectivity index (χ3v) is 3.23. The topological polar surface area (TPSA) is 24.9 Å². The van der Waals surface area contributed by atoms with Gasteiger partial charge in [-0.1, -0.05) is 24.3 Å². The zero-order valence-corrected chi connectivity index (χ0v) is 10.1. The maximum Gasteiger partial charge on any atom is 0.143 e. The molecular formula is C15H15FN2. The molecule has 1 aliphatic rings. The molecule has 0 aliphatic heterocycles. The lowest BCUT2D eigenvalue weighted by atomic mass is 10.1. The minimum Gasteiger partial charge on any atom is -0.380 e. The van der Waals surface area contributed by atoms with Gasteiger partial charge < -0.3 is 5.32 Å². The van der Waals surface area contributed by atoms with Gasteiger partial charge in [-0.2, -0.15) is 0 Å². The fourth-order valence-electron chi connectivity index (χ4n) is 2.04. The monoisotopic (exact) mass is 242 g/mol. The van der Waals surface area contributed by atoms with E-state index >= 15 is 0 Å². The number of pyridine rings is 1. The van der Waals surface area contributed by atoms with Gasteiger partial charge in [0, 0.05) is 12.6 Å². The first-order chi connectivity index (χ1) is 8.81. The summed E-state index contributed by atoms with van der Waals surface area (Å²) < 4.78 is 12.9. The van der Waals surface area contributed by atoms with Crippen molar-refractivity contribution in [3.8, 4) is 0 Å². The largest absolute Gasteiger partial charge is 0.380 e. The van der Waals surface area contributed by atoms with Crippen molar-refractivity contribution in [2.24, 2.45) is 0 Å². The van der Waals surface area contributed by atoms with Crippen LogP contribution in [0.2, 0.25) is 0 Å². The summed E-state index contributed by atoms with van der Waals surface area (Å²) in [5.74, 6) is 0.475. The molecule has 18 heavy (non-hydrogen) atoms. The van der Waals surface area contributed by atoms with Crippen molar-refractivity contribution in [3.05, 3.63) is 59.7 Å². The maximum atomic E-state index is 12.9. The predicted molar refractivity (Wildman–Crippen MR) is 69.9 cm³/mol. The highest BCUT2D eigenvalue weighted by Gasteiger charge is 2.22. The molecule has 0 bridgehead atoms. The summed E-state index contributed by atoms with van der Waals surface area (Å²) in [5, 5.41) is 3.16. The van der Waals surface area contributed by atoms with E-state index < -0.39 is 0 Å². The van der Waals surface area contributed by atoms with Gasteiger partial charge in [-0.25, -0.2) is 4.39 Å². The fourth-order valence-corrected chi connectivity index (χ4v) is 2.04. The van der Waals surface area contributed by atoms with Crippen molar-refractivity contribution in [1.29, 1.82) is 0 Å². The van der Waals surface area contributed by atoms with Crippen molar-refractivity contribution >= 4 is 5.69 Å². The minimum atomic E-state index is -0.316. The lowest BCUT2D eigenvalue weighted by molar-refractivity contribution is 0.622. The van der Waals surface area contributed by atoms with Crippen LogP contribution in [0, 0.1) is 5.82 Å². The first kappa shape index (κ1) is 11.2. The number of rotatable bonds is 4. The van der Waals surface area contributed by atoms with Crippen LogP contribution in [-0.2, 0) is 6.54 Å². The number of hydrogen-bond donors (Lipinski definition) is 1. The molecule has 1 aromatic heterocycles. The maximum absolute atomic E-state index is 12.9. The summed E-state index contributed by atoms with van der Waals surface area (Å²) in [6, 6.07) is 10.1. The number of hydrogen-bond acceptors (Lipinski definition) is 2. The highest BCUT2D eigenvalue weighted by atomic mass is 19.1. The molecule has 0 saturated heterocycles. The number of halogens is 1. The van der Waals surface area contributed by atoms with Gasteiger partial charge in [-0.3, -0.25) is 4.98 Å². The quantitative estimate of drug-likeness (QED) is 0.884. The normalized spacial score (nSPS) is 14.5. The van der Waals surface area contributed by atoms with Crippen LogP contribution in [0.4, 0.5) is 10.1 Å². The average Bonchev–Trinajstić information content (AvgIpc) is 3.21. The number of nitrogens with zero attached hydrogens (tertiary/aromatic N) is 1. The number of nitrogens with one attached hydrogen (secondary N) is 1. The molecule has 1 saturated carbocycles. The molecule has 92 valence electrons. The molecule has 0 spiro atoms. The summed E-state index contributed by atoms with van der Waals surface area (Å²) in [4.78, 5) is 3.80. The van der Waals surface area contributed by atoms with Gasteiger partial charge in [-0.15, -0.1) is 0 Å². The van der Waals surface area contributed by atoms with Crippen LogP contribution in [0.5, 0.6) is 0 Å². The van der Waals surface area contributed by atoms with E-state index in [1.54, 1.807) is 6.20 Å². The second-order valence-corrected chi connectivity index (χ2v) is 4.76. The second-order valence-electron chi connectivity index (χ2n) is 4.76. The number of benzene rings is 1. The summed E-state index contributed by atoms with van der Waals surface area (Å²) >= 11 is 0. The van der Waals surface area contributed by atoms with Gasteiger partial charge >= 0.3 is 0 Å². The molecule has 3 rings (SSSR count). The standard InChI is InChI=1S/C15H15FN2/c16-14-7-15(10-17-9-14)18-8-11-1-3-12(4-2-11)13-5-6-13/h1-4,7,9-10,13,18H,5-6,8H2. The van der Waals surface area contributed by atoms with Gasteiger partial charge in [0.1, 0.15) is 5.82 Å². The molecule has 0 atom stereocenters. The summed E-state index contributed by atoms with van der Waals surface area (Å²) in [6.45, 7) is 0.691. The molecule has 1 heterocycles. The summed E-state index contributed by atoms with van der Waals surface area (Å²) in [7, 11) is 0. The Bertz CT molecular complexity index is 532. The van der Waals surface area contributed by atoms with Crippen LogP contribution in [0.25, 0.3) is 0 Å². The molecule has 1 fully saturated rings. The first-order valence-electron chi connectivity index (χ1n) is 6.24. The summed E-state index contributed by atoms with van der Waals surface area (Å²) in [5.41, 5.74) is 3.34. The molecular weight excluding hydrogens is 227 g/mol. The molecule has 1 N–H and O–H groups in total. The zero-order valence-electron chi connectivity index (χ0n) is 10.1. The molecule has 2 aromatic rings. The highest BCUT2D eigenvalue weighted by molar-refractivity contribution is 5.41. The Morgan fingerprint density at radius 1 is 1.17 bits per heavy atom. The van der Waals surface area contributed by atoms with E-state index in [0.29, 0.717) is 12.2 Å². The Morgan fingerprint density at radius 2 is 1.94 bits per heavy atom. The molecule has 3 heteroatoms. The Labute approximate surface area is 106 Å². The van der Waals surface area contributed by atoms with Gasteiger partial charge in [0.05, 0.1) is 18.1 Å². The third-order valence-electron chi connectivity index (χ3n) is 3.23. The van der Waals surface area contributed by atoms with E-state index in [1.807, 2.05) is 0 Å². The smallest absolute Gasteiger partial charge is 0.143 e. The molecule has 0 radical (unpaired) electrons. The predicted octanol–water partition coefficient (Wildman–Crippen LogP) is 3.71. The Kier molecular flexibility index (Phi) is 2.97. The van der Waals surface area contributed by atoms with E-state index in [4.69, 9.17) is 0 Å². The van der Waals surface area contributed by atoms with Crippen LogP contribution < -0.4 is 5.32 Å². The molecule has 1 aliphatic carbocycles. The van der Waals surface area contributed by atoms with Gasteiger partial charge in [-0.05, 0) is 29.9 Å². The van der Waals surface area contributed by atoms with E-state index in [-0.39, 0.29) is 5.82 Å². The lowest BCUT2D eigenvalue weighted by Crippen LogP contribution is -2.00. The van der Waals surface area contributed by atoms with Gasteiger partial charge in [0.15, 0.2) is 0 Å². The highest BCUT2D eigenvalue weighted by Crippen LogP contribution is 2.39. The van der Waals surface area contributed by atoms with Crippen LogP contribution in [0.1, 0.15) is 29.9 Å². The Balaban J connectivity index is 1.62. The van der Waals surface area contributed by atoms with Crippen molar-refractivity contribution in [2.45, 2.75) is 25.3 Å². The fraction of sp³-hybridized carbons (Fsp3) is 0.267. The molecule has 2 nitrogen and oxygen atoms in total. The zero-order chi connectivity index (χ0) is 12.4. The summed E-state index contributed by atoms with van der Waals surface area (Å²) in [6.07, 6.45) is 5.48. The first-order valence-corrected chi connectivity index (χ1v) is 6.24. The van der Waals surface area contributed by atoms with Gasteiger partial charge in [0.25, 0.3) is 0 Å². The molecule has 0 unspecified atom stereocenters. The Hall–Kier alpha value is -1.90. The average molecular weight is 242 g/mol. The lowest BCUT2D eigenvalue weighted by Gasteiger charge is -2.07. The van der Waals surface area contributed by atoms with Crippen LogP contribution in [0.15, 0.2) is 42.7 Å². The van der Waals surface area contributed by atoms with E-state index in [2.05, 4.69) is 34.6 Å². The van der Waals surface area contributed by atoms with Crippen molar-refractivity contribution in [3.63, 3.8) is 0 Å². The number of aromatic nitrogens is 1. The van der Waals surface area contributed by atoms with E-state index in [1.165, 1.54) is 36.2 Å². The van der Waals surface area contributed by atoms with E-state index in [9.17, 15) is 4.39 Å². The van der Waals surface area contributed by atoms with Gasteiger partial charge in [0.2, 0.25) is 0 Å². The van der Waals surface area contributed by atoms with Crippen molar-refractivity contribution in [2.75, 3.05) is 5.32 Å². The minimum absolute atomic E-state index is 0.316. The van der Waals surface area contributed by atoms with E-state index in [0.717, 1.165) is 5.92 Å². The molecule has 0 amide bonds. The van der Waals surface area contributed by atoms with Crippen LogP contribution >= 0.6 is 0 Å². The van der Waals surface area contributed by atoms with Crippen LogP contribution in [0.3, 0.4) is 0 Å². The van der Waals surface area contributed by atoms with Crippen molar-refractivity contribution < 1.29 is 4.39 Å². The Morgan fingerprint density at radius 3 is 2.61 bits per heavy atom. The van der Waals surface area contributed by atoms with Crippen LogP contribution in [-0.4, -0.2) is 4.98 Å². The second kappa shape index (κ2) is 4.77. The number of anilines is 1. The third kappa shape index (κ3) is 2.67. The van der Waals surface area contributed by atoms with Crippen molar-refractivity contribution in [1.82, 2.24) is 4.98 Å². The molecule has 1 aromatic carbocycles. The SMILES string of the molecule is Fc1cncc(NCc2ccc(C3CC3)cc2)c1.